The van der Waals surface area contributed by atoms with E-state index in [1.165, 1.54) is 22.0 Å². The van der Waals surface area contributed by atoms with Crippen LogP contribution >= 0.6 is 23.5 Å². The van der Waals surface area contributed by atoms with Gasteiger partial charge in [0.25, 0.3) is 0 Å². The minimum Gasteiger partial charge on any atom is -0.665 e. The minimum atomic E-state index is 0. The number of thioether (sulfide) groups is 2. The average molecular weight is 1460 g/mol. The molecule has 0 unspecified atom stereocenters. The molecule has 38 heavy (non-hydrogen) atoms. The van der Waals surface area contributed by atoms with Gasteiger partial charge in [-0.1, -0.05) is 17.1 Å². The van der Waals surface area contributed by atoms with Crippen molar-refractivity contribution in [1.82, 2.24) is 0 Å². The van der Waals surface area contributed by atoms with Gasteiger partial charge in [0.05, 0.1) is 11.5 Å². The Morgan fingerprint density at radius 3 is 1.24 bits per heavy atom. The maximum absolute atomic E-state index is 5.08. The molecule has 0 aromatic carbocycles. The van der Waals surface area contributed by atoms with Crippen molar-refractivity contribution in [3.8, 4) is 0 Å². The van der Waals surface area contributed by atoms with Gasteiger partial charge in [-0.05, 0) is 39.2 Å². The van der Waals surface area contributed by atoms with Crippen molar-refractivity contribution in [2.45, 2.75) is 53.4 Å². The average Bonchev–Trinajstić information content (AvgIpc) is 3.31. The molecule has 0 aromatic heterocycles. The van der Waals surface area contributed by atoms with E-state index in [0.29, 0.717) is 0 Å². The molecule has 0 amide bonds. The summed E-state index contributed by atoms with van der Waals surface area (Å²) in [5.41, 5.74) is 0. The molecule has 2 nitrogen and oxygen atoms in total. The fraction of sp³-hybridized carbons (Fsp3) is 0.455. The molecule has 0 aromatic rings. The summed E-state index contributed by atoms with van der Waals surface area (Å²) in [6, 6.07) is 0. The molecule has 0 spiro atoms. The zero-order valence-electron chi connectivity index (χ0n) is 23.4. The van der Waals surface area contributed by atoms with Crippen molar-refractivity contribution >= 4 is 23.5 Å². The second-order valence-corrected chi connectivity index (χ2v) is 8.45. The van der Waals surface area contributed by atoms with Gasteiger partial charge in [-0.25, -0.2) is 0 Å². The van der Waals surface area contributed by atoms with Gasteiger partial charge in [0, 0.05) is 393 Å². The minimum absolute atomic E-state index is 0. The van der Waals surface area contributed by atoms with Gasteiger partial charge >= 0.3 is 0 Å². The topological polar surface area (TPSA) is 18.5 Å². The van der Waals surface area contributed by atoms with Crippen molar-refractivity contribution in [2.24, 2.45) is 0 Å². The number of hydrogen-bond donors (Lipinski definition) is 0. The van der Waals surface area contributed by atoms with E-state index in [4.69, 9.17) is 9.47 Å². The molecule has 184 valence electrons. The van der Waals surface area contributed by atoms with Crippen LogP contribution in [0.5, 0.6) is 0 Å². The Kier molecular flexibility index (Phi) is 142. The third-order valence-corrected chi connectivity index (χ3v) is 5.47. The van der Waals surface area contributed by atoms with Crippen LogP contribution in [0, 0.1) is 25.2 Å². The molecule has 0 bridgehead atoms. The summed E-state index contributed by atoms with van der Waals surface area (Å²) < 4.78 is 9.97. The fourth-order valence-corrected chi connectivity index (χ4v) is 3.40. The summed E-state index contributed by atoms with van der Waals surface area (Å²) in [7, 11) is 0. The molecule has 4 aliphatic heterocycles. The quantitative estimate of drug-likeness (QED) is 0.236. The van der Waals surface area contributed by atoms with Crippen LogP contribution in [0.3, 0.4) is 0 Å². The summed E-state index contributed by atoms with van der Waals surface area (Å²) >= 11 is 3.76. The Hall–Kier alpha value is 12.5. The van der Waals surface area contributed by atoms with Gasteiger partial charge in [-0.15, -0.1) is 24.3 Å². The largest absolute Gasteiger partial charge is 0.665 e. The van der Waals surface area contributed by atoms with E-state index < -0.39 is 0 Å². The third kappa shape index (κ3) is 60.6. The number of rotatable bonds is 0. The third-order valence-electron chi connectivity index (χ3n) is 3.54. The summed E-state index contributed by atoms with van der Waals surface area (Å²) in [5, 5.41) is 0. The summed E-state index contributed by atoms with van der Waals surface area (Å²) in [6.07, 6.45) is 17.4. The fourth-order valence-electron chi connectivity index (χ4n) is 2.02. The molecule has 0 saturated heterocycles. The predicted octanol–water partition coefficient (Wildman–Crippen LogP) is 7.38. The molecule has 4 aliphatic rings. The number of allylic oxidation sites excluding steroid dienone is 7. The first-order valence-corrected chi connectivity index (χ1v) is 11.0. The summed E-state index contributed by atoms with van der Waals surface area (Å²) in [4.78, 5) is 2.91. The van der Waals surface area contributed by atoms with Gasteiger partial charge in [-0.2, -0.15) is 37.6 Å². The van der Waals surface area contributed by atoms with Crippen molar-refractivity contribution in [3.63, 3.8) is 0 Å². The van der Waals surface area contributed by atoms with Crippen LogP contribution < -0.4 is 0 Å². The zero-order chi connectivity index (χ0) is 19.0. The van der Waals surface area contributed by atoms with Crippen LogP contribution in [0.2, 0.25) is 0 Å². The Labute approximate surface area is 546 Å². The van der Waals surface area contributed by atoms with Crippen LogP contribution in [0.1, 0.15) is 53.4 Å². The maximum Gasteiger partial charge on any atom is 0.0822 e. The normalized spacial score (nSPS) is 14.2. The standard InChI is InChI=1S/C6H9O.C6H9S.C5H7O.C5H7S.12Y/c2*1-6-4-2-3-5-7-6;2*1-5-3-2-4-6-5;;;;;;;;;;;;/h2*3-4H,2,5H2,1H3;2*3-4H,2H2,1H3;;;;;;;;;;;;/q4*-1;;;;;;;;;;;;. The van der Waals surface area contributed by atoms with Gasteiger partial charge in [-0.3, -0.25) is 12.2 Å². The number of ether oxygens (including phenoxy) is 2. The molecule has 0 aliphatic carbocycles. The molecule has 0 saturated carbocycles. The Bertz CT molecular complexity index is 492. The van der Waals surface area contributed by atoms with Gasteiger partial charge < -0.3 is 27.7 Å². The van der Waals surface area contributed by atoms with Crippen molar-refractivity contribution in [2.75, 3.05) is 12.4 Å². The van der Waals surface area contributed by atoms with E-state index in [9.17, 15) is 0 Å². The monoisotopic (exact) mass is 1460 g/mol. The molecular formula is C22H32O2S2Y12-4. The SMILES string of the molecule is CC1=CC[CH-]CO1.CC1=CC[CH-]CS1.CC1=CC[CH-]O1.CC1=CC[CH-]S1.[Y].[Y].[Y].[Y].[Y].[Y].[Y].[Y].[Y].[Y].[Y].[Y]. The molecule has 0 fully saturated rings. The van der Waals surface area contributed by atoms with Crippen LogP contribution in [-0.4, -0.2) is 12.4 Å². The van der Waals surface area contributed by atoms with E-state index in [2.05, 4.69) is 50.7 Å². The molecule has 12 radical (unpaired) electrons. The molecule has 4 rings (SSSR count). The smallest absolute Gasteiger partial charge is 0.0822 e. The van der Waals surface area contributed by atoms with Crippen molar-refractivity contribution < 1.29 is 402 Å². The second-order valence-electron chi connectivity index (χ2n) is 5.97. The Morgan fingerprint density at radius 1 is 0.579 bits per heavy atom. The maximum atomic E-state index is 5.08. The van der Waals surface area contributed by atoms with Crippen molar-refractivity contribution in [3.05, 3.63) is 70.8 Å². The molecule has 0 atom stereocenters. The second kappa shape index (κ2) is 64.5. The first-order chi connectivity index (χ1) is 12.6. The molecule has 4 heterocycles. The van der Waals surface area contributed by atoms with E-state index in [0.717, 1.165) is 37.4 Å². The summed E-state index contributed by atoms with van der Waals surface area (Å²) in [5.74, 6) is 5.50. The van der Waals surface area contributed by atoms with Gasteiger partial charge in [0.15, 0.2) is 0 Å². The van der Waals surface area contributed by atoms with Crippen molar-refractivity contribution in [1.29, 1.82) is 0 Å². The van der Waals surface area contributed by atoms with E-state index >= 15 is 0 Å². The van der Waals surface area contributed by atoms with E-state index in [1.54, 1.807) is 6.61 Å². The van der Waals surface area contributed by atoms with Gasteiger partial charge in [0.2, 0.25) is 0 Å². The van der Waals surface area contributed by atoms with E-state index in [-0.39, 0.29) is 393 Å². The first-order valence-electron chi connectivity index (χ1n) is 9.10. The van der Waals surface area contributed by atoms with Crippen LogP contribution in [0.25, 0.3) is 0 Å². The Morgan fingerprint density at radius 2 is 1.08 bits per heavy atom. The van der Waals surface area contributed by atoms with E-state index in [1.807, 2.05) is 43.4 Å². The van der Waals surface area contributed by atoms with Gasteiger partial charge in [0.1, 0.15) is 0 Å². The van der Waals surface area contributed by atoms with Crippen LogP contribution in [0.15, 0.2) is 45.6 Å². The zero-order valence-corrected chi connectivity index (χ0v) is 59.1. The molecule has 16 heteroatoms. The molecule has 0 N–H and O–H groups in total. The first kappa shape index (κ1) is 83.5. The summed E-state index contributed by atoms with van der Waals surface area (Å²) in [6.45, 7) is 10.8. The van der Waals surface area contributed by atoms with Crippen LogP contribution in [0.4, 0.5) is 0 Å². The Balaban J connectivity index is -0.0000000215. The van der Waals surface area contributed by atoms with Crippen LogP contribution in [-0.2, 0) is 402 Å². The number of hydrogen-bond acceptors (Lipinski definition) is 4. The predicted molar refractivity (Wildman–Crippen MR) is 118 cm³/mol. The molecular weight excluding hydrogens is 1430 g/mol.